The molecule has 0 amide bonds. The second-order valence-corrected chi connectivity index (χ2v) is 4.37. The van der Waals surface area contributed by atoms with Crippen LogP contribution >= 0.6 is 0 Å². The maximum atomic E-state index is 13.6. The summed E-state index contributed by atoms with van der Waals surface area (Å²) in [5.74, 6) is -2.36. The summed E-state index contributed by atoms with van der Waals surface area (Å²) in [6.07, 6.45) is 1.10. The van der Waals surface area contributed by atoms with E-state index in [1.165, 1.54) is 6.07 Å². The number of carboxylic acids is 1. The molecule has 0 aromatic heterocycles. The van der Waals surface area contributed by atoms with E-state index in [1.807, 2.05) is 0 Å². The summed E-state index contributed by atoms with van der Waals surface area (Å²) in [5.41, 5.74) is -0.569. The minimum Gasteiger partial charge on any atom is -0.479 e. The molecular weight excluding hydrogens is 240 g/mol. The Morgan fingerprint density at radius 3 is 2.72 bits per heavy atom. The minimum absolute atomic E-state index is 0.188. The van der Waals surface area contributed by atoms with Crippen molar-refractivity contribution < 1.29 is 18.7 Å². The van der Waals surface area contributed by atoms with Crippen molar-refractivity contribution in [1.29, 1.82) is 0 Å². The van der Waals surface area contributed by atoms with Crippen molar-refractivity contribution in [3.8, 4) is 0 Å². The highest BCUT2D eigenvalue weighted by atomic mass is 19.1. The number of benzene rings is 1. The molecule has 0 radical (unpaired) electrons. The molecule has 96 valence electrons. The van der Waals surface area contributed by atoms with Crippen molar-refractivity contribution in [2.45, 2.75) is 31.7 Å². The molecule has 0 fully saturated rings. The van der Waals surface area contributed by atoms with Crippen LogP contribution in [0.15, 0.2) is 23.2 Å². The molecule has 3 nitrogen and oxygen atoms in total. The molecule has 0 saturated heterocycles. The number of rotatable bonds is 3. The molecule has 1 N–H and O–H groups in total. The van der Waals surface area contributed by atoms with Crippen LogP contribution in [0.3, 0.4) is 0 Å². The third-order valence-electron chi connectivity index (χ3n) is 3.35. The van der Waals surface area contributed by atoms with Gasteiger partial charge >= 0.3 is 5.97 Å². The maximum absolute atomic E-state index is 13.6. The van der Waals surface area contributed by atoms with Crippen LogP contribution in [0, 0.1) is 11.6 Å². The summed E-state index contributed by atoms with van der Waals surface area (Å²) in [4.78, 5) is 15.4. The van der Waals surface area contributed by atoms with E-state index in [1.54, 1.807) is 6.92 Å². The molecule has 1 aliphatic heterocycles. The Morgan fingerprint density at radius 1 is 1.50 bits per heavy atom. The fourth-order valence-corrected chi connectivity index (χ4v) is 2.18. The predicted molar refractivity (Wildman–Crippen MR) is 62.8 cm³/mol. The Labute approximate surface area is 103 Å². The van der Waals surface area contributed by atoms with Crippen LogP contribution in [0.2, 0.25) is 0 Å². The van der Waals surface area contributed by atoms with Gasteiger partial charge in [-0.05, 0) is 31.4 Å². The van der Waals surface area contributed by atoms with E-state index >= 15 is 0 Å². The monoisotopic (exact) mass is 253 g/mol. The highest BCUT2D eigenvalue weighted by Gasteiger charge is 2.41. The highest BCUT2D eigenvalue weighted by Crippen LogP contribution is 2.32. The number of carbonyl (C=O) groups is 1. The van der Waals surface area contributed by atoms with Gasteiger partial charge in [0.25, 0.3) is 0 Å². The molecule has 1 aromatic carbocycles. The van der Waals surface area contributed by atoms with Gasteiger partial charge in [0.05, 0.1) is 0 Å². The van der Waals surface area contributed by atoms with Gasteiger partial charge in [-0.1, -0.05) is 6.92 Å². The van der Waals surface area contributed by atoms with Crippen LogP contribution in [-0.2, 0) is 4.79 Å². The molecule has 1 aliphatic rings. The van der Waals surface area contributed by atoms with E-state index < -0.39 is 23.1 Å². The summed E-state index contributed by atoms with van der Waals surface area (Å²) in [6, 6.07) is 3.23. The van der Waals surface area contributed by atoms with Gasteiger partial charge < -0.3 is 5.11 Å². The predicted octanol–water partition coefficient (Wildman–Crippen LogP) is 2.78. The molecule has 2 rings (SSSR count). The lowest BCUT2D eigenvalue weighted by atomic mass is 9.93. The molecule has 0 bridgehead atoms. The average Bonchev–Trinajstić information content (AvgIpc) is 2.74. The van der Waals surface area contributed by atoms with Gasteiger partial charge in [-0.2, -0.15) is 0 Å². The Balaban J connectivity index is 2.41. The van der Waals surface area contributed by atoms with Crippen molar-refractivity contribution in [3.05, 3.63) is 35.4 Å². The van der Waals surface area contributed by atoms with Gasteiger partial charge in [-0.25, -0.2) is 13.6 Å². The fraction of sp³-hybridized carbons (Fsp3) is 0.385. The normalized spacial score (nSPS) is 22.9. The van der Waals surface area contributed by atoms with Crippen molar-refractivity contribution >= 4 is 11.7 Å². The summed E-state index contributed by atoms with van der Waals surface area (Å²) in [7, 11) is 0. The summed E-state index contributed by atoms with van der Waals surface area (Å²) in [5, 5.41) is 9.18. The highest BCUT2D eigenvalue weighted by molar-refractivity contribution is 6.04. The molecule has 1 aromatic rings. The third kappa shape index (κ3) is 2.00. The second-order valence-electron chi connectivity index (χ2n) is 4.37. The first-order chi connectivity index (χ1) is 8.48. The number of carboxylic acid groups (broad SMARTS) is 1. The summed E-state index contributed by atoms with van der Waals surface area (Å²) in [6.45, 7) is 1.74. The van der Waals surface area contributed by atoms with E-state index in [4.69, 9.17) is 0 Å². The number of nitrogens with zero attached hydrogens (tertiary/aromatic N) is 1. The number of aliphatic carboxylic acids is 1. The zero-order valence-electron chi connectivity index (χ0n) is 9.91. The number of aliphatic imine (C=N–C) groups is 1. The van der Waals surface area contributed by atoms with Crippen LogP contribution in [0.5, 0.6) is 0 Å². The van der Waals surface area contributed by atoms with Crippen LogP contribution < -0.4 is 0 Å². The molecule has 0 unspecified atom stereocenters. The van der Waals surface area contributed by atoms with E-state index in [9.17, 15) is 18.7 Å². The SMILES string of the molecule is CC[C@]1(C(=O)O)CCC(c2ccc(F)cc2F)=N1. The van der Waals surface area contributed by atoms with Crippen molar-refractivity contribution in [1.82, 2.24) is 0 Å². The number of halogens is 2. The maximum Gasteiger partial charge on any atom is 0.331 e. The molecule has 0 spiro atoms. The summed E-state index contributed by atoms with van der Waals surface area (Å²) >= 11 is 0. The van der Waals surface area contributed by atoms with E-state index in [2.05, 4.69) is 4.99 Å². The second kappa shape index (κ2) is 4.48. The molecule has 1 heterocycles. The summed E-state index contributed by atoms with van der Waals surface area (Å²) < 4.78 is 26.4. The van der Waals surface area contributed by atoms with Crippen LogP contribution in [0.25, 0.3) is 0 Å². The molecule has 0 aliphatic carbocycles. The zero-order chi connectivity index (χ0) is 13.3. The van der Waals surface area contributed by atoms with Crippen molar-refractivity contribution in [2.24, 2.45) is 4.99 Å². The van der Waals surface area contributed by atoms with Gasteiger partial charge in [0.15, 0.2) is 5.54 Å². The quantitative estimate of drug-likeness (QED) is 0.900. The molecule has 5 heteroatoms. The first-order valence-corrected chi connectivity index (χ1v) is 5.76. The standard InChI is InChI=1S/C13H13F2NO2/c1-2-13(12(17)18)6-5-11(16-13)9-4-3-8(14)7-10(9)15/h3-4,7H,2,5-6H2,1H3,(H,17,18)/t13-/m1/s1. The number of hydrogen-bond donors (Lipinski definition) is 1. The lowest BCUT2D eigenvalue weighted by Crippen LogP contribution is -2.33. The fourth-order valence-electron chi connectivity index (χ4n) is 2.18. The van der Waals surface area contributed by atoms with Gasteiger partial charge in [0.1, 0.15) is 11.6 Å². The topological polar surface area (TPSA) is 49.7 Å². The average molecular weight is 253 g/mol. The molecule has 0 saturated carbocycles. The Hall–Kier alpha value is -1.78. The van der Waals surface area contributed by atoms with Gasteiger partial charge in [-0.3, -0.25) is 4.99 Å². The van der Waals surface area contributed by atoms with Crippen LogP contribution in [-0.4, -0.2) is 22.3 Å². The van der Waals surface area contributed by atoms with Crippen LogP contribution in [0.4, 0.5) is 8.78 Å². The van der Waals surface area contributed by atoms with Crippen molar-refractivity contribution in [3.63, 3.8) is 0 Å². The molecular formula is C13H13F2NO2. The van der Waals surface area contributed by atoms with E-state index in [-0.39, 0.29) is 5.56 Å². The van der Waals surface area contributed by atoms with Crippen LogP contribution in [0.1, 0.15) is 31.7 Å². The van der Waals surface area contributed by atoms with Gasteiger partial charge in [0, 0.05) is 17.3 Å². The lowest BCUT2D eigenvalue weighted by Gasteiger charge is -2.17. The lowest BCUT2D eigenvalue weighted by molar-refractivity contribution is -0.143. The molecule has 1 atom stereocenters. The van der Waals surface area contributed by atoms with Gasteiger partial charge in [0.2, 0.25) is 0 Å². The first-order valence-electron chi connectivity index (χ1n) is 5.76. The van der Waals surface area contributed by atoms with Crippen molar-refractivity contribution in [2.75, 3.05) is 0 Å². The Kier molecular flexibility index (Phi) is 3.15. The molecule has 18 heavy (non-hydrogen) atoms. The Bertz CT molecular complexity index is 528. The largest absolute Gasteiger partial charge is 0.479 e. The van der Waals surface area contributed by atoms with E-state index in [0.29, 0.717) is 25.0 Å². The third-order valence-corrected chi connectivity index (χ3v) is 3.35. The smallest absolute Gasteiger partial charge is 0.331 e. The first kappa shape index (κ1) is 12.7. The van der Waals surface area contributed by atoms with Gasteiger partial charge in [-0.15, -0.1) is 0 Å². The Morgan fingerprint density at radius 2 is 2.22 bits per heavy atom. The zero-order valence-corrected chi connectivity index (χ0v) is 9.91. The van der Waals surface area contributed by atoms with E-state index in [0.717, 1.165) is 12.1 Å². The number of hydrogen-bond acceptors (Lipinski definition) is 2. The minimum atomic E-state index is -1.16.